The highest BCUT2D eigenvalue weighted by Gasteiger charge is 2.23. The molecule has 1 aromatic rings. The standard InChI is InChI=1S/C16H24N2O5S/c1-5-18(6-2)24(22,23)14-9-7-13(8-10-14)15(19)17-12(4)11(3)16(20)21/h7-12H,5-6H2,1-4H3,(H,17,19)(H,20,21). The van der Waals surface area contributed by atoms with Gasteiger partial charge in [-0.15, -0.1) is 0 Å². The van der Waals surface area contributed by atoms with E-state index in [1.807, 2.05) is 0 Å². The number of carboxylic acid groups (broad SMARTS) is 1. The van der Waals surface area contributed by atoms with E-state index in [4.69, 9.17) is 5.11 Å². The lowest BCUT2D eigenvalue weighted by Gasteiger charge is -2.19. The van der Waals surface area contributed by atoms with Crippen molar-refractivity contribution in [3.8, 4) is 0 Å². The van der Waals surface area contributed by atoms with Gasteiger partial charge in [0, 0.05) is 24.7 Å². The number of nitrogens with zero attached hydrogens (tertiary/aromatic N) is 1. The number of carbonyl (C=O) groups excluding carboxylic acids is 1. The summed E-state index contributed by atoms with van der Waals surface area (Å²) in [6.45, 7) is 7.36. The summed E-state index contributed by atoms with van der Waals surface area (Å²) >= 11 is 0. The maximum Gasteiger partial charge on any atom is 0.308 e. The average molecular weight is 356 g/mol. The SMILES string of the molecule is CCN(CC)S(=O)(=O)c1ccc(C(=O)NC(C)C(C)C(=O)O)cc1. The number of benzene rings is 1. The number of sulfonamides is 1. The third-order valence-electron chi connectivity index (χ3n) is 3.96. The molecule has 0 bridgehead atoms. The summed E-state index contributed by atoms with van der Waals surface area (Å²) in [6, 6.07) is 5.06. The van der Waals surface area contributed by atoms with Gasteiger partial charge in [0.25, 0.3) is 5.91 Å². The first-order chi connectivity index (χ1) is 11.1. The van der Waals surface area contributed by atoms with Crippen LogP contribution in [0.1, 0.15) is 38.1 Å². The number of carbonyl (C=O) groups is 2. The Morgan fingerprint density at radius 3 is 2.04 bits per heavy atom. The Kier molecular flexibility index (Phi) is 6.92. The smallest absolute Gasteiger partial charge is 0.308 e. The van der Waals surface area contributed by atoms with Gasteiger partial charge in [-0.05, 0) is 38.1 Å². The van der Waals surface area contributed by atoms with Crippen LogP contribution < -0.4 is 5.32 Å². The number of nitrogens with one attached hydrogen (secondary N) is 1. The molecule has 0 aliphatic carbocycles. The van der Waals surface area contributed by atoms with E-state index >= 15 is 0 Å². The molecule has 134 valence electrons. The van der Waals surface area contributed by atoms with E-state index in [2.05, 4.69) is 5.32 Å². The van der Waals surface area contributed by atoms with Crippen LogP contribution in [-0.4, -0.2) is 48.8 Å². The normalized spacial score (nSPS) is 14.2. The highest BCUT2D eigenvalue weighted by molar-refractivity contribution is 7.89. The van der Waals surface area contributed by atoms with Crippen LogP contribution >= 0.6 is 0 Å². The van der Waals surface area contributed by atoms with Crippen molar-refractivity contribution in [2.24, 2.45) is 5.92 Å². The van der Waals surface area contributed by atoms with Crippen LogP contribution in [0, 0.1) is 5.92 Å². The van der Waals surface area contributed by atoms with Crippen molar-refractivity contribution in [3.05, 3.63) is 29.8 Å². The summed E-state index contributed by atoms with van der Waals surface area (Å²) in [7, 11) is -3.57. The molecule has 1 amide bonds. The van der Waals surface area contributed by atoms with Crippen LogP contribution in [0.4, 0.5) is 0 Å². The molecule has 2 N–H and O–H groups in total. The Morgan fingerprint density at radius 2 is 1.62 bits per heavy atom. The van der Waals surface area contributed by atoms with Gasteiger partial charge in [-0.3, -0.25) is 9.59 Å². The molecule has 0 fully saturated rings. The molecule has 0 spiro atoms. The first-order valence-electron chi connectivity index (χ1n) is 7.79. The maximum atomic E-state index is 12.4. The summed E-state index contributed by atoms with van der Waals surface area (Å²) in [4.78, 5) is 23.2. The molecule has 1 rings (SSSR count). The Morgan fingerprint density at radius 1 is 1.12 bits per heavy atom. The van der Waals surface area contributed by atoms with Crippen LogP contribution in [0.2, 0.25) is 0 Å². The molecule has 0 radical (unpaired) electrons. The van der Waals surface area contributed by atoms with Crippen molar-refractivity contribution in [1.29, 1.82) is 0 Å². The zero-order chi connectivity index (χ0) is 18.5. The fourth-order valence-corrected chi connectivity index (χ4v) is 3.58. The summed E-state index contributed by atoms with van der Waals surface area (Å²) in [5.74, 6) is -2.16. The zero-order valence-electron chi connectivity index (χ0n) is 14.3. The van der Waals surface area contributed by atoms with E-state index in [1.54, 1.807) is 20.8 Å². The number of carboxylic acids is 1. The van der Waals surface area contributed by atoms with Crippen LogP contribution in [0.15, 0.2) is 29.2 Å². The summed E-state index contributed by atoms with van der Waals surface area (Å²) in [6.07, 6.45) is 0. The van der Waals surface area contributed by atoms with Crippen molar-refractivity contribution in [2.45, 2.75) is 38.6 Å². The Hall–Kier alpha value is -1.93. The third-order valence-corrected chi connectivity index (χ3v) is 6.02. The summed E-state index contributed by atoms with van der Waals surface area (Å²) < 4.78 is 26.1. The second kappa shape index (κ2) is 8.25. The predicted octanol–water partition coefficient (Wildman–Crippen LogP) is 1.56. The Bertz CT molecular complexity index is 681. The molecule has 24 heavy (non-hydrogen) atoms. The van der Waals surface area contributed by atoms with Crippen LogP contribution in [0.5, 0.6) is 0 Å². The quantitative estimate of drug-likeness (QED) is 0.735. The second-order valence-electron chi connectivity index (χ2n) is 5.50. The topological polar surface area (TPSA) is 104 Å². The minimum atomic E-state index is -3.57. The van der Waals surface area contributed by atoms with Crippen LogP contribution in [0.3, 0.4) is 0 Å². The van der Waals surface area contributed by atoms with Gasteiger partial charge in [0.1, 0.15) is 0 Å². The number of amides is 1. The fraction of sp³-hybridized carbons (Fsp3) is 0.500. The molecule has 0 saturated carbocycles. The van der Waals surface area contributed by atoms with E-state index < -0.39 is 33.9 Å². The van der Waals surface area contributed by atoms with Crippen molar-refractivity contribution >= 4 is 21.9 Å². The van der Waals surface area contributed by atoms with Crippen molar-refractivity contribution in [1.82, 2.24) is 9.62 Å². The monoisotopic (exact) mass is 356 g/mol. The van der Waals surface area contributed by atoms with Crippen LogP contribution in [-0.2, 0) is 14.8 Å². The second-order valence-corrected chi connectivity index (χ2v) is 7.44. The van der Waals surface area contributed by atoms with E-state index in [-0.39, 0.29) is 10.5 Å². The number of rotatable bonds is 8. The Balaban J connectivity index is 2.91. The molecule has 2 unspecified atom stereocenters. The first kappa shape index (κ1) is 20.1. The molecule has 0 heterocycles. The van der Waals surface area contributed by atoms with Crippen molar-refractivity contribution in [3.63, 3.8) is 0 Å². The maximum absolute atomic E-state index is 12.4. The molecule has 0 aliphatic heterocycles. The van der Waals surface area contributed by atoms with Crippen molar-refractivity contribution < 1.29 is 23.1 Å². The van der Waals surface area contributed by atoms with Gasteiger partial charge >= 0.3 is 5.97 Å². The minimum absolute atomic E-state index is 0.120. The van der Waals surface area contributed by atoms with Crippen LogP contribution in [0.25, 0.3) is 0 Å². The number of aliphatic carboxylic acids is 1. The van der Waals surface area contributed by atoms with Gasteiger partial charge in [0.15, 0.2) is 0 Å². The van der Waals surface area contributed by atoms with Gasteiger partial charge in [0.2, 0.25) is 10.0 Å². The lowest BCUT2D eigenvalue weighted by Crippen LogP contribution is -2.40. The lowest BCUT2D eigenvalue weighted by molar-refractivity contribution is -0.141. The van der Waals surface area contributed by atoms with Gasteiger partial charge in [-0.2, -0.15) is 4.31 Å². The molecular formula is C16H24N2O5S. The zero-order valence-corrected chi connectivity index (χ0v) is 15.1. The number of hydrogen-bond donors (Lipinski definition) is 2. The largest absolute Gasteiger partial charge is 0.481 e. The number of hydrogen-bond acceptors (Lipinski definition) is 4. The van der Waals surface area contributed by atoms with Gasteiger partial charge < -0.3 is 10.4 Å². The first-order valence-corrected chi connectivity index (χ1v) is 9.23. The third kappa shape index (κ3) is 4.55. The fourth-order valence-electron chi connectivity index (χ4n) is 2.12. The lowest BCUT2D eigenvalue weighted by atomic mass is 10.0. The molecule has 7 nitrogen and oxygen atoms in total. The molecule has 1 aromatic carbocycles. The molecule has 2 atom stereocenters. The van der Waals surface area contributed by atoms with E-state index in [9.17, 15) is 18.0 Å². The summed E-state index contributed by atoms with van der Waals surface area (Å²) in [5.41, 5.74) is 0.276. The van der Waals surface area contributed by atoms with E-state index in [0.29, 0.717) is 13.1 Å². The van der Waals surface area contributed by atoms with Gasteiger partial charge in [-0.1, -0.05) is 13.8 Å². The Labute approximate surface area is 142 Å². The molecule has 8 heteroatoms. The highest BCUT2D eigenvalue weighted by atomic mass is 32.2. The van der Waals surface area contributed by atoms with E-state index in [1.165, 1.54) is 35.5 Å². The van der Waals surface area contributed by atoms with Gasteiger partial charge in [-0.25, -0.2) is 8.42 Å². The van der Waals surface area contributed by atoms with Gasteiger partial charge in [0.05, 0.1) is 10.8 Å². The predicted molar refractivity (Wildman–Crippen MR) is 90.3 cm³/mol. The van der Waals surface area contributed by atoms with E-state index in [0.717, 1.165) is 0 Å². The highest BCUT2D eigenvalue weighted by Crippen LogP contribution is 2.16. The molecule has 0 aliphatic rings. The van der Waals surface area contributed by atoms with Crippen molar-refractivity contribution in [2.75, 3.05) is 13.1 Å². The molecular weight excluding hydrogens is 332 g/mol. The summed E-state index contributed by atoms with van der Waals surface area (Å²) in [5, 5.41) is 11.5. The molecule has 0 aromatic heterocycles. The molecule has 0 saturated heterocycles. The minimum Gasteiger partial charge on any atom is -0.481 e. The average Bonchev–Trinajstić information content (AvgIpc) is 2.54.